The number of fused-ring (bicyclic) bond motifs is 1. The predicted molar refractivity (Wildman–Crippen MR) is 118 cm³/mol. The van der Waals surface area contributed by atoms with Gasteiger partial charge in [-0.2, -0.15) is 9.49 Å². The molecule has 1 aliphatic rings. The molecule has 1 aliphatic heterocycles. The molecule has 1 amide bonds. The fourth-order valence-corrected chi connectivity index (χ4v) is 4.10. The van der Waals surface area contributed by atoms with Crippen molar-refractivity contribution >= 4 is 22.5 Å². The minimum Gasteiger partial charge on any atom is -0.336 e. The van der Waals surface area contributed by atoms with Crippen molar-refractivity contribution in [3.63, 3.8) is 0 Å². The van der Waals surface area contributed by atoms with Gasteiger partial charge in [0, 0.05) is 43.3 Å². The third-order valence-corrected chi connectivity index (χ3v) is 5.72. The smallest absolute Gasteiger partial charge is 0.277 e. The number of amides is 1. The first-order valence-corrected chi connectivity index (χ1v) is 10.3. The SMILES string of the molecule is [C-]#[N+]c1ccc(-c2nc(C(=O)N3CC[C@H](N)C3)c(F)n2-c2ccc3nn(C)cc3c2)cc1F. The van der Waals surface area contributed by atoms with Crippen LogP contribution in [0, 0.1) is 18.3 Å². The van der Waals surface area contributed by atoms with E-state index in [1.165, 1.54) is 21.6 Å². The lowest BCUT2D eigenvalue weighted by Gasteiger charge is -2.14. The van der Waals surface area contributed by atoms with Gasteiger partial charge in [-0.15, -0.1) is 0 Å². The summed E-state index contributed by atoms with van der Waals surface area (Å²) in [5.41, 5.74) is 6.75. The van der Waals surface area contributed by atoms with E-state index in [4.69, 9.17) is 12.3 Å². The largest absolute Gasteiger partial charge is 0.336 e. The van der Waals surface area contributed by atoms with Gasteiger partial charge in [-0.05, 0) is 30.7 Å². The molecule has 0 aliphatic carbocycles. The van der Waals surface area contributed by atoms with Crippen LogP contribution in [-0.2, 0) is 7.05 Å². The number of aryl methyl sites for hydroxylation is 1. The zero-order chi connectivity index (χ0) is 23.3. The molecular weight excluding hydrogens is 428 g/mol. The van der Waals surface area contributed by atoms with E-state index in [1.807, 2.05) is 0 Å². The highest BCUT2D eigenvalue weighted by Gasteiger charge is 2.31. The van der Waals surface area contributed by atoms with Crippen molar-refractivity contribution < 1.29 is 13.6 Å². The minimum absolute atomic E-state index is 0.0537. The average Bonchev–Trinajstić information content (AvgIpc) is 3.48. The summed E-state index contributed by atoms with van der Waals surface area (Å²) in [4.78, 5) is 21.9. The molecule has 1 atom stereocenters. The van der Waals surface area contributed by atoms with Gasteiger partial charge in [0.15, 0.2) is 5.69 Å². The molecule has 4 aromatic rings. The maximum atomic E-state index is 15.8. The number of aromatic nitrogens is 4. The molecule has 2 aromatic heterocycles. The number of imidazole rings is 1. The fourth-order valence-electron chi connectivity index (χ4n) is 4.10. The number of hydrogen-bond acceptors (Lipinski definition) is 4. The molecule has 166 valence electrons. The zero-order valence-corrected chi connectivity index (χ0v) is 17.7. The summed E-state index contributed by atoms with van der Waals surface area (Å²) in [7, 11) is 1.78. The van der Waals surface area contributed by atoms with E-state index in [2.05, 4.69) is 14.9 Å². The first kappa shape index (κ1) is 20.8. The number of carbonyl (C=O) groups excluding carboxylic acids is 1. The zero-order valence-electron chi connectivity index (χ0n) is 17.7. The van der Waals surface area contributed by atoms with E-state index >= 15 is 4.39 Å². The second-order valence-electron chi connectivity index (χ2n) is 8.03. The topological polar surface area (TPSA) is 86.3 Å². The number of rotatable bonds is 3. The molecule has 8 nitrogen and oxygen atoms in total. The Kier molecular flexibility index (Phi) is 4.91. The Labute approximate surface area is 187 Å². The normalized spacial score (nSPS) is 15.8. The number of nitrogens with two attached hydrogens (primary N) is 1. The van der Waals surface area contributed by atoms with Crippen molar-refractivity contribution in [1.29, 1.82) is 0 Å². The van der Waals surface area contributed by atoms with Crippen LogP contribution in [0.2, 0.25) is 0 Å². The number of hydrogen-bond donors (Lipinski definition) is 1. The molecule has 0 bridgehead atoms. The second kappa shape index (κ2) is 7.79. The van der Waals surface area contributed by atoms with Crippen LogP contribution >= 0.6 is 0 Å². The van der Waals surface area contributed by atoms with Crippen molar-refractivity contribution in [3.8, 4) is 17.1 Å². The third-order valence-electron chi connectivity index (χ3n) is 5.72. The summed E-state index contributed by atoms with van der Waals surface area (Å²) in [5.74, 6) is -2.12. The highest BCUT2D eigenvalue weighted by molar-refractivity contribution is 5.94. The number of halogens is 2. The lowest BCUT2D eigenvalue weighted by Crippen LogP contribution is -2.32. The van der Waals surface area contributed by atoms with Gasteiger partial charge in [0.2, 0.25) is 11.6 Å². The second-order valence-corrected chi connectivity index (χ2v) is 8.03. The van der Waals surface area contributed by atoms with Gasteiger partial charge in [-0.1, -0.05) is 12.1 Å². The Morgan fingerprint density at radius 2 is 2.06 bits per heavy atom. The Morgan fingerprint density at radius 1 is 1.24 bits per heavy atom. The van der Waals surface area contributed by atoms with Crippen LogP contribution in [0.15, 0.2) is 42.6 Å². The molecule has 0 spiro atoms. The predicted octanol–water partition coefficient (Wildman–Crippen LogP) is 3.43. The van der Waals surface area contributed by atoms with Crippen molar-refractivity contribution in [2.45, 2.75) is 12.5 Å². The van der Waals surface area contributed by atoms with Crippen LogP contribution in [0.25, 0.3) is 32.8 Å². The van der Waals surface area contributed by atoms with Gasteiger partial charge in [0.1, 0.15) is 11.6 Å². The highest BCUT2D eigenvalue weighted by Crippen LogP contribution is 2.31. The fraction of sp³-hybridized carbons (Fsp3) is 0.217. The Balaban J connectivity index is 1.70. The number of carbonyl (C=O) groups is 1. The monoisotopic (exact) mass is 447 g/mol. The first-order valence-electron chi connectivity index (χ1n) is 10.3. The van der Waals surface area contributed by atoms with Gasteiger partial charge in [-0.25, -0.2) is 14.2 Å². The van der Waals surface area contributed by atoms with Gasteiger partial charge in [0.05, 0.1) is 17.8 Å². The summed E-state index contributed by atoms with van der Waals surface area (Å²) in [6, 6.07) is 8.86. The standard InChI is InChI=1S/C23H19F2N7O/c1-27-19-5-3-13(10-17(19)24)22-28-20(23(33)31-8-7-15(26)12-31)21(25)32(22)16-4-6-18-14(9-16)11-30(2)29-18/h3-6,9-11,15H,7-8,12,26H2,2H3/t15-/m0/s1. The Morgan fingerprint density at radius 3 is 2.76 bits per heavy atom. The molecule has 2 N–H and O–H groups in total. The van der Waals surface area contributed by atoms with Crippen molar-refractivity contribution in [2.24, 2.45) is 12.8 Å². The van der Waals surface area contributed by atoms with Crippen LogP contribution in [0.4, 0.5) is 14.5 Å². The lowest BCUT2D eigenvalue weighted by atomic mass is 10.1. The van der Waals surface area contributed by atoms with E-state index in [0.29, 0.717) is 25.2 Å². The molecule has 0 radical (unpaired) electrons. The molecule has 2 aromatic carbocycles. The van der Waals surface area contributed by atoms with Crippen molar-refractivity contribution in [2.75, 3.05) is 13.1 Å². The van der Waals surface area contributed by atoms with Gasteiger partial charge < -0.3 is 10.6 Å². The molecule has 0 saturated carbocycles. The quantitative estimate of drug-likeness (QED) is 0.488. The van der Waals surface area contributed by atoms with E-state index in [1.54, 1.807) is 36.1 Å². The molecular formula is C23H19F2N7O. The van der Waals surface area contributed by atoms with E-state index in [-0.39, 0.29) is 28.8 Å². The number of nitrogens with zero attached hydrogens (tertiary/aromatic N) is 6. The summed E-state index contributed by atoms with van der Waals surface area (Å²) < 4.78 is 33.0. The third kappa shape index (κ3) is 3.52. The molecule has 33 heavy (non-hydrogen) atoms. The van der Waals surface area contributed by atoms with E-state index < -0.39 is 17.7 Å². The van der Waals surface area contributed by atoms with Gasteiger partial charge in [-0.3, -0.25) is 14.0 Å². The van der Waals surface area contributed by atoms with Crippen molar-refractivity contribution in [1.82, 2.24) is 24.2 Å². The van der Waals surface area contributed by atoms with Crippen LogP contribution < -0.4 is 5.73 Å². The minimum atomic E-state index is -0.853. The summed E-state index contributed by atoms with van der Waals surface area (Å²) in [6.45, 7) is 7.79. The number of likely N-dealkylation sites (tertiary alicyclic amines) is 1. The lowest BCUT2D eigenvalue weighted by molar-refractivity contribution is 0.0780. The van der Waals surface area contributed by atoms with Crippen molar-refractivity contribution in [3.05, 3.63) is 71.5 Å². The number of benzene rings is 2. The maximum Gasteiger partial charge on any atom is 0.277 e. The first-order chi connectivity index (χ1) is 15.9. The average molecular weight is 447 g/mol. The van der Waals surface area contributed by atoms with Gasteiger partial charge >= 0.3 is 0 Å². The summed E-state index contributed by atoms with van der Waals surface area (Å²) in [5, 5.41) is 5.09. The van der Waals surface area contributed by atoms with Crippen LogP contribution in [0.3, 0.4) is 0 Å². The Hall–Kier alpha value is -4.10. The van der Waals surface area contributed by atoms with E-state index in [0.717, 1.165) is 17.0 Å². The molecule has 1 saturated heterocycles. The molecule has 5 rings (SSSR count). The molecule has 1 fully saturated rings. The van der Waals surface area contributed by atoms with Crippen LogP contribution in [0.5, 0.6) is 0 Å². The Bertz CT molecular complexity index is 1450. The molecule has 10 heteroatoms. The molecule has 3 heterocycles. The van der Waals surface area contributed by atoms with E-state index in [9.17, 15) is 9.18 Å². The molecule has 0 unspecified atom stereocenters. The highest BCUT2D eigenvalue weighted by atomic mass is 19.1. The summed E-state index contributed by atoms with van der Waals surface area (Å²) >= 11 is 0. The van der Waals surface area contributed by atoms with Crippen LogP contribution in [-0.4, -0.2) is 49.3 Å². The maximum absolute atomic E-state index is 15.8. The summed E-state index contributed by atoms with van der Waals surface area (Å²) in [6.07, 6.45) is 2.41. The van der Waals surface area contributed by atoms with Gasteiger partial charge in [0.25, 0.3) is 5.91 Å². The van der Waals surface area contributed by atoms with Crippen LogP contribution in [0.1, 0.15) is 16.9 Å².